The van der Waals surface area contributed by atoms with E-state index in [2.05, 4.69) is 22.4 Å². The average Bonchev–Trinajstić information content (AvgIpc) is 3.14. The first-order valence-electron chi connectivity index (χ1n) is 8.89. The number of pyridine rings is 1. The molecule has 7 heteroatoms. The summed E-state index contributed by atoms with van der Waals surface area (Å²) in [5.74, 6) is 0.768. The highest BCUT2D eigenvalue weighted by molar-refractivity contribution is 5.90. The standard InChI is InChI=1S/C20H22N4O3/c1-4-14-5-8-16(9-6-14)21-17(25)12-24-11-15(7-10-18(24)26)20-22-19(13(2)3)23-27-20/h5-11,13H,4,12H2,1-3H3,(H,21,25). The number of rotatable bonds is 6. The Morgan fingerprint density at radius 3 is 2.56 bits per heavy atom. The van der Waals surface area contributed by atoms with E-state index in [0.29, 0.717) is 23.0 Å². The maximum absolute atomic E-state index is 12.3. The second-order valence-corrected chi connectivity index (χ2v) is 6.59. The molecule has 0 aliphatic rings. The summed E-state index contributed by atoms with van der Waals surface area (Å²) in [5, 5.41) is 6.72. The van der Waals surface area contributed by atoms with E-state index in [1.807, 2.05) is 38.1 Å². The van der Waals surface area contributed by atoms with Crippen LogP contribution in [0.25, 0.3) is 11.5 Å². The van der Waals surface area contributed by atoms with Crippen LogP contribution < -0.4 is 10.9 Å². The van der Waals surface area contributed by atoms with Gasteiger partial charge in [-0.25, -0.2) is 0 Å². The monoisotopic (exact) mass is 366 g/mol. The van der Waals surface area contributed by atoms with E-state index in [9.17, 15) is 9.59 Å². The zero-order valence-corrected chi connectivity index (χ0v) is 15.6. The summed E-state index contributed by atoms with van der Waals surface area (Å²) in [7, 11) is 0. The first-order valence-corrected chi connectivity index (χ1v) is 8.89. The molecule has 0 saturated carbocycles. The minimum atomic E-state index is -0.285. The Labute approximate surface area is 157 Å². The van der Waals surface area contributed by atoms with E-state index >= 15 is 0 Å². The SMILES string of the molecule is CCc1ccc(NC(=O)Cn2cc(-c3nc(C(C)C)no3)ccc2=O)cc1. The van der Waals surface area contributed by atoms with E-state index in [1.54, 1.807) is 12.3 Å². The smallest absolute Gasteiger partial charge is 0.259 e. The maximum Gasteiger partial charge on any atom is 0.259 e. The van der Waals surface area contributed by atoms with E-state index in [1.165, 1.54) is 16.2 Å². The second kappa shape index (κ2) is 7.99. The highest BCUT2D eigenvalue weighted by Crippen LogP contribution is 2.18. The van der Waals surface area contributed by atoms with Gasteiger partial charge in [-0.2, -0.15) is 4.98 Å². The predicted molar refractivity (Wildman–Crippen MR) is 103 cm³/mol. The largest absolute Gasteiger partial charge is 0.334 e. The average molecular weight is 366 g/mol. The van der Waals surface area contributed by atoms with Crippen LogP contribution in [0, 0.1) is 0 Å². The number of aromatic nitrogens is 3. The van der Waals surface area contributed by atoms with E-state index in [4.69, 9.17) is 4.52 Å². The molecule has 1 amide bonds. The van der Waals surface area contributed by atoms with Gasteiger partial charge in [0.1, 0.15) is 6.54 Å². The number of benzene rings is 1. The highest BCUT2D eigenvalue weighted by atomic mass is 16.5. The number of nitrogens with one attached hydrogen (secondary N) is 1. The van der Waals surface area contributed by atoms with Crippen molar-refractivity contribution in [3.8, 4) is 11.5 Å². The van der Waals surface area contributed by atoms with Crippen molar-refractivity contribution in [3.05, 3.63) is 64.3 Å². The van der Waals surface area contributed by atoms with Crippen molar-refractivity contribution < 1.29 is 9.32 Å². The van der Waals surface area contributed by atoms with Crippen LogP contribution in [0.4, 0.5) is 5.69 Å². The van der Waals surface area contributed by atoms with Crippen molar-refractivity contribution >= 4 is 11.6 Å². The third-order valence-corrected chi connectivity index (χ3v) is 4.15. The second-order valence-electron chi connectivity index (χ2n) is 6.59. The molecule has 0 aliphatic carbocycles. The number of hydrogen-bond acceptors (Lipinski definition) is 5. The number of aryl methyl sites for hydroxylation is 1. The zero-order chi connectivity index (χ0) is 19.4. The Morgan fingerprint density at radius 1 is 1.19 bits per heavy atom. The van der Waals surface area contributed by atoms with Crippen LogP contribution in [0.2, 0.25) is 0 Å². The van der Waals surface area contributed by atoms with Crippen molar-refractivity contribution in [2.75, 3.05) is 5.32 Å². The van der Waals surface area contributed by atoms with Gasteiger partial charge in [0.25, 0.3) is 11.4 Å². The molecule has 3 rings (SSSR count). The Balaban J connectivity index is 1.75. The minimum Gasteiger partial charge on any atom is -0.334 e. The van der Waals surface area contributed by atoms with Crippen molar-refractivity contribution in [1.29, 1.82) is 0 Å². The molecule has 0 saturated heterocycles. The minimum absolute atomic E-state index is 0.104. The molecule has 140 valence electrons. The third kappa shape index (κ3) is 4.49. The fraction of sp³-hybridized carbons (Fsp3) is 0.300. The predicted octanol–water partition coefficient (Wildman–Crippen LogP) is 3.22. The molecule has 0 fully saturated rings. The van der Waals surface area contributed by atoms with E-state index in [0.717, 1.165) is 6.42 Å². The normalized spacial score (nSPS) is 11.0. The lowest BCUT2D eigenvalue weighted by Crippen LogP contribution is -2.26. The topological polar surface area (TPSA) is 90.0 Å². The molecule has 7 nitrogen and oxygen atoms in total. The van der Waals surface area contributed by atoms with Gasteiger partial charge in [0, 0.05) is 23.9 Å². The number of carbonyl (C=O) groups is 1. The van der Waals surface area contributed by atoms with Gasteiger partial charge in [-0.05, 0) is 30.2 Å². The van der Waals surface area contributed by atoms with E-state index < -0.39 is 0 Å². The summed E-state index contributed by atoms with van der Waals surface area (Å²) in [6.07, 6.45) is 2.49. The summed E-state index contributed by atoms with van der Waals surface area (Å²) >= 11 is 0. The molecular weight excluding hydrogens is 344 g/mol. The lowest BCUT2D eigenvalue weighted by molar-refractivity contribution is -0.116. The third-order valence-electron chi connectivity index (χ3n) is 4.15. The van der Waals surface area contributed by atoms with Crippen LogP contribution in [-0.2, 0) is 17.8 Å². The summed E-state index contributed by atoms with van der Waals surface area (Å²) in [6, 6.07) is 10.6. The van der Waals surface area contributed by atoms with Crippen molar-refractivity contribution in [2.45, 2.75) is 39.7 Å². The van der Waals surface area contributed by atoms with Gasteiger partial charge >= 0.3 is 0 Å². The van der Waals surface area contributed by atoms with Gasteiger partial charge in [-0.1, -0.05) is 38.1 Å². The molecule has 0 bridgehead atoms. The highest BCUT2D eigenvalue weighted by Gasteiger charge is 2.13. The van der Waals surface area contributed by atoms with Gasteiger partial charge in [0.2, 0.25) is 5.91 Å². The molecule has 2 aromatic heterocycles. The Morgan fingerprint density at radius 2 is 1.93 bits per heavy atom. The molecule has 3 aromatic rings. The fourth-order valence-electron chi connectivity index (χ4n) is 2.55. The van der Waals surface area contributed by atoms with Crippen LogP contribution in [0.15, 0.2) is 51.9 Å². The lowest BCUT2D eigenvalue weighted by atomic mass is 10.1. The molecule has 0 radical (unpaired) electrons. The van der Waals surface area contributed by atoms with Gasteiger partial charge in [-0.15, -0.1) is 0 Å². The van der Waals surface area contributed by atoms with Gasteiger partial charge in [0.15, 0.2) is 5.82 Å². The maximum atomic E-state index is 12.3. The van der Waals surface area contributed by atoms with Crippen molar-refractivity contribution in [2.24, 2.45) is 0 Å². The van der Waals surface area contributed by atoms with Crippen molar-refractivity contribution in [3.63, 3.8) is 0 Å². The molecule has 0 unspecified atom stereocenters. The van der Waals surface area contributed by atoms with Gasteiger partial charge < -0.3 is 14.4 Å². The van der Waals surface area contributed by atoms with Crippen LogP contribution >= 0.6 is 0 Å². The van der Waals surface area contributed by atoms with E-state index in [-0.39, 0.29) is 23.9 Å². The van der Waals surface area contributed by atoms with Gasteiger partial charge in [-0.3, -0.25) is 9.59 Å². The van der Waals surface area contributed by atoms with Crippen molar-refractivity contribution in [1.82, 2.24) is 14.7 Å². The molecular formula is C20H22N4O3. The lowest BCUT2D eigenvalue weighted by Gasteiger charge is -2.08. The number of nitrogens with zero attached hydrogens (tertiary/aromatic N) is 3. The first-order chi connectivity index (χ1) is 13.0. The summed E-state index contributed by atoms with van der Waals surface area (Å²) < 4.78 is 6.58. The Bertz CT molecular complexity index is 987. The summed E-state index contributed by atoms with van der Waals surface area (Å²) in [4.78, 5) is 28.7. The van der Waals surface area contributed by atoms with Crippen LogP contribution in [0.5, 0.6) is 0 Å². The number of anilines is 1. The Hall–Kier alpha value is -3.22. The molecule has 0 atom stereocenters. The molecule has 1 N–H and O–H groups in total. The Kier molecular flexibility index (Phi) is 5.49. The molecule has 27 heavy (non-hydrogen) atoms. The fourth-order valence-corrected chi connectivity index (χ4v) is 2.55. The molecule has 2 heterocycles. The van der Waals surface area contributed by atoms with Crippen LogP contribution in [0.3, 0.4) is 0 Å². The molecule has 0 aliphatic heterocycles. The first kappa shape index (κ1) is 18.6. The number of hydrogen-bond donors (Lipinski definition) is 1. The number of amides is 1. The summed E-state index contributed by atoms with van der Waals surface area (Å²) in [6.45, 7) is 5.90. The molecule has 0 spiro atoms. The number of carbonyl (C=O) groups excluding carboxylic acids is 1. The van der Waals surface area contributed by atoms with Gasteiger partial charge in [0.05, 0.1) is 5.56 Å². The summed E-state index contributed by atoms with van der Waals surface area (Å²) in [5.41, 5.74) is 2.20. The zero-order valence-electron chi connectivity index (χ0n) is 15.6. The van der Waals surface area contributed by atoms with Crippen LogP contribution in [0.1, 0.15) is 38.1 Å². The van der Waals surface area contributed by atoms with Crippen LogP contribution in [-0.4, -0.2) is 20.6 Å². The molecule has 1 aromatic carbocycles. The quantitative estimate of drug-likeness (QED) is 0.723.